The molecule has 1 fully saturated rings. The molecule has 1 aromatic rings. The molecule has 0 amide bonds. The van der Waals surface area contributed by atoms with Gasteiger partial charge in [-0.15, -0.1) is 0 Å². The summed E-state index contributed by atoms with van der Waals surface area (Å²) in [6, 6.07) is 8.28. The molecule has 0 aromatic heterocycles. The fraction of sp³-hybridized carbons (Fsp3) is 0.538. The first kappa shape index (κ1) is 11.2. The molecule has 1 aliphatic carbocycles. The van der Waals surface area contributed by atoms with Gasteiger partial charge in [-0.3, -0.25) is 4.84 Å². The van der Waals surface area contributed by atoms with Crippen molar-refractivity contribution in [3.05, 3.63) is 35.4 Å². The van der Waals surface area contributed by atoms with Crippen LogP contribution in [-0.4, -0.2) is 33.6 Å². The number of fused-ring (bicyclic) bond motifs is 1. The number of nitrogens with zero attached hydrogens (tertiary/aromatic N) is 1. The van der Waals surface area contributed by atoms with Crippen LogP contribution in [0.15, 0.2) is 24.3 Å². The molecule has 2 N–H and O–H groups in total. The first-order valence-electron chi connectivity index (χ1n) is 6.07. The lowest BCUT2D eigenvalue weighted by molar-refractivity contribution is -0.204. The normalized spacial score (nSPS) is 32.9. The molecule has 3 rings (SSSR count). The number of aliphatic hydroxyl groups is 2. The zero-order chi connectivity index (χ0) is 11.8. The highest BCUT2D eigenvalue weighted by Crippen LogP contribution is 2.28. The van der Waals surface area contributed by atoms with Crippen molar-refractivity contribution in [2.45, 2.75) is 44.2 Å². The molecule has 92 valence electrons. The monoisotopic (exact) mass is 235 g/mol. The Labute approximate surface area is 100 Å². The van der Waals surface area contributed by atoms with Gasteiger partial charge in [0.1, 0.15) is 0 Å². The van der Waals surface area contributed by atoms with Crippen LogP contribution >= 0.6 is 0 Å². The van der Waals surface area contributed by atoms with Crippen LogP contribution in [0.4, 0.5) is 0 Å². The lowest BCUT2D eigenvalue weighted by atomic mass is 10.1. The average Bonchev–Trinajstić information content (AvgIpc) is 2.83. The van der Waals surface area contributed by atoms with Gasteiger partial charge in [-0.05, 0) is 11.1 Å². The highest BCUT2D eigenvalue weighted by molar-refractivity contribution is 5.29. The predicted molar refractivity (Wildman–Crippen MR) is 61.8 cm³/mol. The molecule has 4 nitrogen and oxygen atoms in total. The van der Waals surface area contributed by atoms with E-state index in [1.54, 1.807) is 0 Å². The maximum atomic E-state index is 9.47. The Hall–Kier alpha value is -0.940. The molecule has 0 bridgehead atoms. The van der Waals surface area contributed by atoms with Crippen LogP contribution in [0.5, 0.6) is 0 Å². The molecule has 1 heterocycles. The van der Waals surface area contributed by atoms with Gasteiger partial charge in [0.05, 0.1) is 18.3 Å². The van der Waals surface area contributed by atoms with Crippen LogP contribution in [0.25, 0.3) is 0 Å². The molecule has 1 aromatic carbocycles. The van der Waals surface area contributed by atoms with E-state index < -0.39 is 12.2 Å². The van der Waals surface area contributed by atoms with Crippen LogP contribution in [0, 0.1) is 0 Å². The van der Waals surface area contributed by atoms with Crippen molar-refractivity contribution < 1.29 is 15.1 Å². The Morgan fingerprint density at radius 3 is 2.06 bits per heavy atom. The van der Waals surface area contributed by atoms with E-state index in [9.17, 15) is 10.2 Å². The fourth-order valence-electron chi connectivity index (χ4n) is 2.62. The first-order valence-corrected chi connectivity index (χ1v) is 6.07. The minimum atomic E-state index is -0.634. The lowest BCUT2D eigenvalue weighted by Gasteiger charge is -2.19. The molecule has 4 heteroatoms. The quantitative estimate of drug-likeness (QED) is 0.797. The highest BCUT2D eigenvalue weighted by atomic mass is 16.7. The maximum absolute atomic E-state index is 9.47. The van der Waals surface area contributed by atoms with Gasteiger partial charge in [-0.2, -0.15) is 5.06 Å². The number of hydrogen-bond acceptors (Lipinski definition) is 4. The molecule has 0 saturated heterocycles. The molecule has 2 aliphatic rings. The van der Waals surface area contributed by atoms with Gasteiger partial charge in [0.15, 0.2) is 0 Å². The average molecular weight is 235 g/mol. The summed E-state index contributed by atoms with van der Waals surface area (Å²) in [5.74, 6) is 0. The molecule has 3 atom stereocenters. The summed E-state index contributed by atoms with van der Waals surface area (Å²) in [6.07, 6.45) is -0.286. The second kappa shape index (κ2) is 4.38. The van der Waals surface area contributed by atoms with Crippen LogP contribution < -0.4 is 0 Å². The minimum absolute atomic E-state index is 0.0608. The second-order valence-electron chi connectivity index (χ2n) is 4.90. The summed E-state index contributed by atoms with van der Waals surface area (Å²) in [6.45, 7) is 1.58. The van der Waals surface area contributed by atoms with Crippen LogP contribution in [0.1, 0.15) is 24.0 Å². The van der Waals surface area contributed by atoms with Crippen molar-refractivity contribution in [3.8, 4) is 0 Å². The standard InChI is InChI=1S/C13H17NO3/c15-12-5-11(6-13(12)16)17-14-7-9-3-1-2-4-10(9)8-14/h1-4,11-13,15-16H,5-8H2/t11?,12-,13+. The molecule has 0 spiro atoms. The van der Waals surface area contributed by atoms with E-state index in [2.05, 4.69) is 12.1 Å². The molecule has 1 unspecified atom stereocenters. The van der Waals surface area contributed by atoms with Crippen molar-refractivity contribution in [1.82, 2.24) is 5.06 Å². The van der Waals surface area contributed by atoms with Crippen LogP contribution in [0.2, 0.25) is 0 Å². The molecule has 1 aliphatic heterocycles. The van der Waals surface area contributed by atoms with Gasteiger partial charge in [0.25, 0.3) is 0 Å². The van der Waals surface area contributed by atoms with Crippen LogP contribution in [0.3, 0.4) is 0 Å². The predicted octanol–water partition coefficient (Wildman–Crippen LogP) is 0.818. The van der Waals surface area contributed by atoms with E-state index >= 15 is 0 Å². The van der Waals surface area contributed by atoms with Gasteiger partial charge in [0.2, 0.25) is 0 Å². The van der Waals surface area contributed by atoms with Crippen molar-refractivity contribution in [2.75, 3.05) is 0 Å². The SMILES string of the molecule is O[C@@H]1CC(ON2Cc3ccccc3C2)C[C@@H]1O. The number of hydrogen-bond donors (Lipinski definition) is 2. The summed E-state index contributed by atoms with van der Waals surface area (Å²) in [5, 5.41) is 20.9. The van der Waals surface area contributed by atoms with E-state index in [0.717, 1.165) is 13.1 Å². The highest BCUT2D eigenvalue weighted by Gasteiger charge is 2.34. The maximum Gasteiger partial charge on any atom is 0.0844 e. The fourth-order valence-corrected chi connectivity index (χ4v) is 2.62. The zero-order valence-electron chi connectivity index (χ0n) is 9.62. The number of hydroxylamine groups is 2. The summed E-state index contributed by atoms with van der Waals surface area (Å²) in [7, 11) is 0. The largest absolute Gasteiger partial charge is 0.390 e. The molecular formula is C13H17NO3. The van der Waals surface area contributed by atoms with Crippen molar-refractivity contribution in [2.24, 2.45) is 0 Å². The summed E-state index contributed by atoms with van der Waals surface area (Å²) in [4.78, 5) is 5.81. The van der Waals surface area contributed by atoms with Crippen molar-refractivity contribution in [1.29, 1.82) is 0 Å². The first-order chi connectivity index (χ1) is 8.22. The summed E-state index contributed by atoms with van der Waals surface area (Å²) < 4.78 is 0. The number of aliphatic hydroxyl groups excluding tert-OH is 2. The van der Waals surface area contributed by atoms with E-state index in [0.29, 0.717) is 12.8 Å². The van der Waals surface area contributed by atoms with Crippen LogP contribution in [-0.2, 0) is 17.9 Å². The topological polar surface area (TPSA) is 52.9 Å². The summed E-state index contributed by atoms with van der Waals surface area (Å²) >= 11 is 0. The van der Waals surface area contributed by atoms with E-state index in [1.165, 1.54) is 11.1 Å². The lowest BCUT2D eigenvalue weighted by Crippen LogP contribution is -2.24. The number of benzene rings is 1. The summed E-state index contributed by atoms with van der Waals surface area (Å²) in [5.41, 5.74) is 2.60. The third-order valence-electron chi connectivity index (χ3n) is 3.56. The third kappa shape index (κ3) is 2.21. The Kier molecular flexibility index (Phi) is 2.88. The van der Waals surface area contributed by atoms with Crippen molar-refractivity contribution in [3.63, 3.8) is 0 Å². The molecule has 0 radical (unpaired) electrons. The molecular weight excluding hydrogens is 218 g/mol. The second-order valence-corrected chi connectivity index (χ2v) is 4.90. The minimum Gasteiger partial charge on any atom is -0.390 e. The van der Waals surface area contributed by atoms with Gasteiger partial charge < -0.3 is 10.2 Å². The Balaban J connectivity index is 1.59. The zero-order valence-corrected chi connectivity index (χ0v) is 9.62. The Morgan fingerprint density at radius 1 is 1.00 bits per heavy atom. The smallest absolute Gasteiger partial charge is 0.0844 e. The van der Waals surface area contributed by atoms with E-state index in [4.69, 9.17) is 4.84 Å². The number of rotatable bonds is 2. The molecule has 1 saturated carbocycles. The van der Waals surface area contributed by atoms with Gasteiger partial charge >= 0.3 is 0 Å². The van der Waals surface area contributed by atoms with E-state index in [1.807, 2.05) is 17.2 Å². The third-order valence-corrected chi connectivity index (χ3v) is 3.56. The van der Waals surface area contributed by atoms with Gasteiger partial charge in [0, 0.05) is 25.9 Å². The van der Waals surface area contributed by atoms with Gasteiger partial charge in [-0.1, -0.05) is 24.3 Å². The van der Waals surface area contributed by atoms with E-state index in [-0.39, 0.29) is 6.10 Å². The Morgan fingerprint density at radius 2 is 1.53 bits per heavy atom. The molecule has 17 heavy (non-hydrogen) atoms. The van der Waals surface area contributed by atoms with Crippen molar-refractivity contribution >= 4 is 0 Å². The van der Waals surface area contributed by atoms with Gasteiger partial charge in [-0.25, -0.2) is 0 Å². The Bertz CT molecular complexity index is 374.